The van der Waals surface area contributed by atoms with Crippen LogP contribution in [0.25, 0.3) is 0 Å². The maximum Gasteiger partial charge on any atom is 0.253 e. The molecule has 0 heterocycles. The molecule has 1 aliphatic carbocycles. The van der Waals surface area contributed by atoms with Gasteiger partial charge in [0.1, 0.15) is 0 Å². The van der Waals surface area contributed by atoms with Crippen molar-refractivity contribution in [3.05, 3.63) is 33.8 Å². The van der Waals surface area contributed by atoms with E-state index in [-0.39, 0.29) is 11.4 Å². The normalized spacial score (nSPS) is 17.7. The summed E-state index contributed by atoms with van der Waals surface area (Å²) in [5.41, 5.74) is 1.78. The highest BCUT2D eigenvalue weighted by Gasteiger charge is 2.33. The molecule has 1 N–H and O–H groups in total. The van der Waals surface area contributed by atoms with Crippen molar-refractivity contribution < 1.29 is 4.79 Å². The largest absolute Gasteiger partial charge is 0.347 e. The molecule has 1 saturated carbocycles. The van der Waals surface area contributed by atoms with Gasteiger partial charge in [0.2, 0.25) is 0 Å². The van der Waals surface area contributed by atoms with Gasteiger partial charge in [-0.05, 0) is 60.7 Å². The maximum absolute atomic E-state index is 12.2. The van der Waals surface area contributed by atoms with E-state index in [2.05, 4.69) is 28.2 Å². The van der Waals surface area contributed by atoms with Crippen molar-refractivity contribution in [2.45, 2.75) is 38.6 Å². The van der Waals surface area contributed by atoms with Crippen LogP contribution in [0.1, 0.15) is 42.1 Å². The minimum absolute atomic E-state index is 0.0127. The third kappa shape index (κ3) is 2.14. The Morgan fingerprint density at radius 3 is 2.62 bits per heavy atom. The third-order valence-electron chi connectivity index (χ3n) is 3.32. The Balaban J connectivity index is 2.20. The first-order valence-corrected chi connectivity index (χ1v) is 6.39. The number of hydrogen-bond donors (Lipinski definition) is 1. The molecule has 2 nitrogen and oxygen atoms in total. The molecule has 0 saturated heterocycles. The number of carbonyl (C=O) groups excluding carboxylic acids is 1. The Morgan fingerprint density at radius 2 is 2.12 bits per heavy atom. The molecule has 1 aromatic rings. The first-order chi connectivity index (χ1) is 7.52. The zero-order valence-corrected chi connectivity index (χ0v) is 11.2. The van der Waals surface area contributed by atoms with Crippen molar-refractivity contribution in [3.8, 4) is 0 Å². The van der Waals surface area contributed by atoms with E-state index in [9.17, 15) is 4.79 Å². The smallest absolute Gasteiger partial charge is 0.253 e. The van der Waals surface area contributed by atoms with Gasteiger partial charge in [-0.15, -0.1) is 0 Å². The number of benzene rings is 1. The van der Waals surface area contributed by atoms with Crippen molar-refractivity contribution in [2.24, 2.45) is 0 Å². The van der Waals surface area contributed by atoms with Gasteiger partial charge >= 0.3 is 0 Å². The van der Waals surface area contributed by atoms with Crippen LogP contribution in [0.5, 0.6) is 0 Å². The van der Waals surface area contributed by atoms with Crippen LogP contribution in [0.2, 0.25) is 0 Å². The van der Waals surface area contributed by atoms with Crippen molar-refractivity contribution >= 4 is 21.8 Å². The van der Waals surface area contributed by atoms with Gasteiger partial charge in [0.15, 0.2) is 0 Å². The highest BCUT2D eigenvalue weighted by Crippen LogP contribution is 2.32. The lowest BCUT2D eigenvalue weighted by molar-refractivity contribution is 0.0849. The van der Waals surface area contributed by atoms with E-state index in [0.717, 1.165) is 28.4 Å². The summed E-state index contributed by atoms with van der Waals surface area (Å²) in [4.78, 5) is 12.2. The highest BCUT2D eigenvalue weighted by atomic mass is 79.9. The van der Waals surface area contributed by atoms with E-state index in [1.165, 1.54) is 6.42 Å². The molecule has 2 rings (SSSR count). The third-order valence-corrected chi connectivity index (χ3v) is 3.98. The number of rotatable bonds is 2. The van der Waals surface area contributed by atoms with Gasteiger partial charge in [-0.2, -0.15) is 0 Å². The van der Waals surface area contributed by atoms with Gasteiger partial charge in [-0.3, -0.25) is 4.79 Å². The standard InChI is InChI=1S/C13H16BrNO/c1-9-5-3-6-10(14)11(9)12(16)15-13(2)7-4-8-13/h3,5-6H,4,7-8H2,1-2H3,(H,15,16). The van der Waals surface area contributed by atoms with Crippen LogP contribution >= 0.6 is 15.9 Å². The van der Waals surface area contributed by atoms with E-state index in [1.807, 2.05) is 25.1 Å². The minimum Gasteiger partial charge on any atom is -0.347 e. The molecule has 0 radical (unpaired) electrons. The molecule has 0 bridgehead atoms. The van der Waals surface area contributed by atoms with Gasteiger partial charge < -0.3 is 5.32 Å². The van der Waals surface area contributed by atoms with E-state index >= 15 is 0 Å². The maximum atomic E-state index is 12.2. The Hall–Kier alpha value is -0.830. The summed E-state index contributed by atoms with van der Waals surface area (Å²) in [7, 11) is 0. The van der Waals surface area contributed by atoms with Gasteiger partial charge in [0.25, 0.3) is 5.91 Å². The molecule has 0 spiro atoms. The number of nitrogens with one attached hydrogen (secondary N) is 1. The van der Waals surface area contributed by atoms with Crippen LogP contribution in [-0.4, -0.2) is 11.4 Å². The summed E-state index contributed by atoms with van der Waals surface area (Å²) >= 11 is 3.43. The zero-order valence-electron chi connectivity index (χ0n) is 9.64. The Morgan fingerprint density at radius 1 is 1.44 bits per heavy atom. The molecule has 86 valence electrons. The lowest BCUT2D eigenvalue weighted by Crippen LogP contribution is -2.51. The second-order valence-electron chi connectivity index (χ2n) is 4.80. The predicted molar refractivity (Wildman–Crippen MR) is 68.6 cm³/mol. The number of halogens is 1. The van der Waals surface area contributed by atoms with Crippen molar-refractivity contribution in [2.75, 3.05) is 0 Å². The summed E-state index contributed by atoms with van der Waals surface area (Å²) in [6.07, 6.45) is 3.39. The molecular weight excluding hydrogens is 266 g/mol. The monoisotopic (exact) mass is 281 g/mol. The number of aryl methyl sites for hydroxylation is 1. The molecule has 3 heteroatoms. The fourth-order valence-corrected chi connectivity index (χ4v) is 2.73. The molecule has 0 unspecified atom stereocenters. The van der Waals surface area contributed by atoms with Gasteiger partial charge in [0.05, 0.1) is 5.56 Å². The van der Waals surface area contributed by atoms with Crippen molar-refractivity contribution in [3.63, 3.8) is 0 Å². The SMILES string of the molecule is Cc1cccc(Br)c1C(=O)NC1(C)CCC1. The molecule has 16 heavy (non-hydrogen) atoms. The summed E-state index contributed by atoms with van der Waals surface area (Å²) in [6.45, 7) is 4.07. The summed E-state index contributed by atoms with van der Waals surface area (Å²) in [5, 5.41) is 3.12. The Kier molecular flexibility index (Phi) is 3.06. The molecule has 1 aliphatic rings. The predicted octanol–water partition coefficient (Wildman–Crippen LogP) is 3.43. The van der Waals surface area contributed by atoms with Crippen LogP contribution in [-0.2, 0) is 0 Å². The second kappa shape index (κ2) is 4.21. The first kappa shape index (κ1) is 11.6. The van der Waals surface area contributed by atoms with Crippen LogP contribution in [0.4, 0.5) is 0 Å². The fraction of sp³-hybridized carbons (Fsp3) is 0.462. The quantitative estimate of drug-likeness (QED) is 0.884. The second-order valence-corrected chi connectivity index (χ2v) is 5.65. The summed E-state index contributed by atoms with van der Waals surface area (Å²) < 4.78 is 0.868. The highest BCUT2D eigenvalue weighted by molar-refractivity contribution is 9.10. The molecule has 1 amide bonds. The molecule has 1 aromatic carbocycles. The van der Waals surface area contributed by atoms with Gasteiger partial charge in [-0.1, -0.05) is 12.1 Å². The first-order valence-electron chi connectivity index (χ1n) is 5.59. The lowest BCUT2D eigenvalue weighted by Gasteiger charge is -2.39. The molecular formula is C13H16BrNO. The van der Waals surface area contributed by atoms with E-state index in [0.29, 0.717) is 0 Å². The molecule has 0 aliphatic heterocycles. The summed E-state index contributed by atoms with van der Waals surface area (Å²) in [6, 6.07) is 5.81. The summed E-state index contributed by atoms with van der Waals surface area (Å²) in [5.74, 6) is 0.0344. The van der Waals surface area contributed by atoms with E-state index in [1.54, 1.807) is 0 Å². The fourth-order valence-electron chi connectivity index (χ4n) is 2.09. The molecule has 1 fully saturated rings. The zero-order chi connectivity index (χ0) is 11.8. The minimum atomic E-state index is 0.0127. The Labute approximate surface area is 105 Å². The molecule has 0 atom stereocenters. The van der Waals surface area contributed by atoms with Crippen molar-refractivity contribution in [1.82, 2.24) is 5.32 Å². The average molecular weight is 282 g/mol. The van der Waals surface area contributed by atoms with E-state index < -0.39 is 0 Å². The Bertz CT molecular complexity index is 404. The number of carbonyl (C=O) groups is 1. The molecule has 0 aromatic heterocycles. The van der Waals surface area contributed by atoms with Gasteiger partial charge in [0, 0.05) is 10.0 Å². The average Bonchev–Trinajstić information content (AvgIpc) is 2.15. The topological polar surface area (TPSA) is 29.1 Å². The van der Waals surface area contributed by atoms with Gasteiger partial charge in [-0.25, -0.2) is 0 Å². The lowest BCUT2D eigenvalue weighted by atomic mass is 9.78. The number of amides is 1. The van der Waals surface area contributed by atoms with Crippen LogP contribution < -0.4 is 5.32 Å². The van der Waals surface area contributed by atoms with Crippen LogP contribution in [0.3, 0.4) is 0 Å². The van der Waals surface area contributed by atoms with Crippen LogP contribution in [0, 0.1) is 6.92 Å². The van der Waals surface area contributed by atoms with E-state index in [4.69, 9.17) is 0 Å². The number of hydrogen-bond acceptors (Lipinski definition) is 1. The van der Waals surface area contributed by atoms with Crippen LogP contribution in [0.15, 0.2) is 22.7 Å². The van der Waals surface area contributed by atoms with Crippen molar-refractivity contribution in [1.29, 1.82) is 0 Å².